The maximum absolute atomic E-state index is 10.9. The highest BCUT2D eigenvalue weighted by atomic mass is 16.6. The van der Waals surface area contributed by atoms with Crippen LogP contribution in [0.15, 0.2) is 24.3 Å². The van der Waals surface area contributed by atoms with E-state index in [9.17, 15) is 9.90 Å². The summed E-state index contributed by atoms with van der Waals surface area (Å²) >= 11 is 0. The smallest absolute Gasteiger partial charge is 0.330 e. The van der Waals surface area contributed by atoms with Crippen molar-refractivity contribution in [3.05, 3.63) is 24.3 Å². The van der Waals surface area contributed by atoms with Gasteiger partial charge in [0.15, 0.2) is 0 Å². The lowest BCUT2D eigenvalue weighted by Gasteiger charge is -2.08. The third-order valence-corrected chi connectivity index (χ3v) is 2.19. The topological polar surface area (TPSA) is 59.1 Å². The van der Waals surface area contributed by atoms with Gasteiger partial charge in [0.1, 0.15) is 5.60 Å². The van der Waals surface area contributed by atoms with Crippen LogP contribution in [0, 0.1) is 0 Å². The number of hydrogen-bond donors (Lipinski definition) is 1. The van der Waals surface area contributed by atoms with Crippen LogP contribution in [0.25, 0.3) is 0 Å². The normalized spacial score (nSPS) is 27.1. The van der Waals surface area contributed by atoms with Crippen molar-refractivity contribution in [1.29, 1.82) is 0 Å². The van der Waals surface area contributed by atoms with Crippen molar-refractivity contribution < 1.29 is 19.4 Å². The molecule has 0 aromatic rings. The Balaban J connectivity index is 2.36. The van der Waals surface area contributed by atoms with Crippen molar-refractivity contribution in [2.45, 2.75) is 25.6 Å². The average Bonchev–Trinajstić information content (AvgIpc) is 2.94. The van der Waals surface area contributed by atoms with Crippen LogP contribution in [0.3, 0.4) is 0 Å². The van der Waals surface area contributed by atoms with Crippen molar-refractivity contribution >= 4 is 5.97 Å². The molecule has 15 heavy (non-hydrogen) atoms. The monoisotopic (exact) mass is 212 g/mol. The number of rotatable bonds is 5. The molecule has 1 heterocycles. The lowest BCUT2D eigenvalue weighted by Crippen LogP contribution is -2.23. The van der Waals surface area contributed by atoms with E-state index in [-0.39, 0.29) is 5.97 Å². The van der Waals surface area contributed by atoms with Crippen LogP contribution < -0.4 is 0 Å². The standard InChI is InChI=1S/C11H16O4/c1-3-14-10(13)6-4-5-7-11(8-15-11)9(2)12/h4-7,9,12H,3,8H2,1-2H3/b6-4+,7-5+. The summed E-state index contributed by atoms with van der Waals surface area (Å²) in [5, 5.41) is 9.34. The maximum Gasteiger partial charge on any atom is 0.330 e. The zero-order valence-electron chi connectivity index (χ0n) is 8.97. The summed E-state index contributed by atoms with van der Waals surface area (Å²) in [4.78, 5) is 10.9. The second-order valence-electron chi connectivity index (χ2n) is 3.39. The molecular formula is C11H16O4. The van der Waals surface area contributed by atoms with Gasteiger partial charge in [-0.05, 0) is 19.9 Å². The molecule has 0 bridgehead atoms. The van der Waals surface area contributed by atoms with Crippen LogP contribution in [0.2, 0.25) is 0 Å². The fourth-order valence-electron chi connectivity index (χ4n) is 1.10. The largest absolute Gasteiger partial charge is 0.463 e. The molecule has 0 amide bonds. The lowest BCUT2D eigenvalue weighted by molar-refractivity contribution is -0.137. The zero-order chi connectivity index (χ0) is 11.3. The lowest BCUT2D eigenvalue weighted by atomic mass is 10.0. The highest BCUT2D eigenvalue weighted by Gasteiger charge is 2.46. The van der Waals surface area contributed by atoms with Crippen molar-refractivity contribution in [2.24, 2.45) is 0 Å². The highest BCUT2D eigenvalue weighted by molar-refractivity contribution is 5.82. The molecule has 0 saturated carbocycles. The number of carbonyl (C=O) groups excluding carboxylic acids is 1. The Morgan fingerprint density at radius 1 is 1.67 bits per heavy atom. The maximum atomic E-state index is 10.9. The van der Waals surface area contributed by atoms with Crippen LogP contribution in [0.5, 0.6) is 0 Å². The number of aliphatic hydroxyl groups excluding tert-OH is 1. The van der Waals surface area contributed by atoms with Crippen LogP contribution in [-0.4, -0.2) is 36.0 Å². The molecule has 2 unspecified atom stereocenters. The molecule has 1 aliphatic heterocycles. The minimum absolute atomic E-state index is 0.369. The van der Waals surface area contributed by atoms with E-state index in [1.165, 1.54) is 6.08 Å². The van der Waals surface area contributed by atoms with Crippen LogP contribution in [0.4, 0.5) is 0 Å². The molecule has 4 heteroatoms. The van der Waals surface area contributed by atoms with E-state index in [0.29, 0.717) is 13.2 Å². The van der Waals surface area contributed by atoms with E-state index in [4.69, 9.17) is 9.47 Å². The quantitative estimate of drug-likeness (QED) is 0.317. The molecule has 84 valence electrons. The number of hydrogen-bond acceptors (Lipinski definition) is 4. The van der Waals surface area contributed by atoms with Gasteiger partial charge in [-0.1, -0.05) is 12.2 Å². The zero-order valence-corrected chi connectivity index (χ0v) is 8.97. The number of ether oxygens (including phenoxy) is 2. The molecule has 0 aromatic heterocycles. The van der Waals surface area contributed by atoms with Gasteiger partial charge in [0.05, 0.1) is 19.3 Å². The fraction of sp³-hybridized carbons (Fsp3) is 0.545. The molecule has 0 aromatic carbocycles. The summed E-state index contributed by atoms with van der Waals surface area (Å²) in [6, 6.07) is 0. The third-order valence-electron chi connectivity index (χ3n) is 2.19. The Morgan fingerprint density at radius 3 is 2.80 bits per heavy atom. The SMILES string of the molecule is CCOC(=O)/C=C/C=C/C1(C(C)O)CO1. The van der Waals surface area contributed by atoms with E-state index in [0.717, 1.165) is 0 Å². The molecule has 4 nitrogen and oxygen atoms in total. The van der Waals surface area contributed by atoms with Crippen LogP contribution >= 0.6 is 0 Å². The summed E-state index contributed by atoms with van der Waals surface area (Å²) in [5.41, 5.74) is -0.543. The predicted octanol–water partition coefficient (Wildman–Crippen LogP) is 0.812. The van der Waals surface area contributed by atoms with E-state index in [2.05, 4.69) is 0 Å². The highest BCUT2D eigenvalue weighted by Crippen LogP contribution is 2.32. The van der Waals surface area contributed by atoms with E-state index in [1.54, 1.807) is 32.1 Å². The second kappa shape index (κ2) is 5.09. The summed E-state index contributed by atoms with van der Waals surface area (Å²) in [6.45, 7) is 4.32. The molecule has 0 aliphatic carbocycles. The molecule has 1 rings (SSSR count). The molecule has 2 atom stereocenters. The van der Waals surface area contributed by atoms with Crippen molar-refractivity contribution in [3.63, 3.8) is 0 Å². The average molecular weight is 212 g/mol. The summed E-state index contributed by atoms with van der Waals surface area (Å²) in [5.74, 6) is -0.370. The number of esters is 1. The van der Waals surface area contributed by atoms with Gasteiger partial charge in [0.25, 0.3) is 0 Å². The number of aliphatic hydroxyl groups is 1. The minimum Gasteiger partial charge on any atom is -0.463 e. The molecule has 1 aliphatic rings. The predicted molar refractivity (Wildman–Crippen MR) is 55.3 cm³/mol. The number of allylic oxidation sites excluding steroid dienone is 2. The fourth-order valence-corrected chi connectivity index (χ4v) is 1.10. The Kier molecular flexibility index (Phi) is 4.05. The summed E-state index contributed by atoms with van der Waals surface area (Å²) in [7, 11) is 0. The number of carbonyl (C=O) groups is 1. The molecule has 1 N–H and O–H groups in total. The molecule has 0 radical (unpaired) electrons. The molecule has 1 fully saturated rings. The Bertz CT molecular complexity index is 274. The first-order valence-electron chi connectivity index (χ1n) is 4.95. The van der Waals surface area contributed by atoms with Gasteiger partial charge in [-0.2, -0.15) is 0 Å². The Labute approximate surface area is 89.2 Å². The van der Waals surface area contributed by atoms with Gasteiger partial charge in [-0.25, -0.2) is 4.79 Å². The Morgan fingerprint density at radius 2 is 2.33 bits per heavy atom. The van der Waals surface area contributed by atoms with E-state index < -0.39 is 11.7 Å². The second-order valence-corrected chi connectivity index (χ2v) is 3.39. The van der Waals surface area contributed by atoms with E-state index >= 15 is 0 Å². The summed E-state index contributed by atoms with van der Waals surface area (Å²) < 4.78 is 9.82. The summed E-state index contributed by atoms with van der Waals surface area (Å²) in [6.07, 6.45) is 5.79. The third kappa shape index (κ3) is 3.49. The van der Waals surface area contributed by atoms with Gasteiger partial charge >= 0.3 is 5.97 Å². The van der Waals surface area contributed by atoms with Crippen LogP contribution in [-0.2, 0) is 14.3 Å². The molecular weight excluding hydrogens is 196 g/mol. The molecule has 0 spiro atoms. The Hall–Kier alpha value is -1.13. The first-order chi connectivity index (χ1) is 7.10. The molecule has 1 saturated heterocycles. The van der Waals surface area contributed by atoms with Gasteiger partial charge in [0, 0.05) is 6.08 Å². The minimum atomic E-state index is -0.543. The van der Waals surface area contributed by atoms with Crippen LogP contribution in [0.1, 0.15) is 13.8 Å². The number of epoxide rings is 1. The first kappa shape index (κ1) is 11.9. The van der Waals surface area contributed by atoms with Crippen molar-refractivity contribution in [2.75, 3.05) is 13.2 Å². The van der Waals surface area contributed by atoms with Crippen molar-refractivity contribution in [1.82, 2.24) is 0 Å². The van der Waals surface area contributed by atoms with Gasteiger partial charge < -0.3 is 14.6 Å². The van der Waals surface area contributed by atoms with E-state index in [1.807, 2.05) is 0 Å². The van der Waals surface area contributed by atoms with Crippen molar-refractivity contribution in [3.8, 4) is 0 Å². The van der Waals surface area contributed by atoms with Gasteiger partial charge in [-0.15, -0.1) is 0 Å². The first-order valence-corrected chi connectivity index (χ1v) is 4.95. The van der Waals surface area contributed by atoms with Gasteiger partial charge in [-0.3, -0.25) is 0 Å². The van der Waals surface area contributed by atoms with Gasteiger partial charge in [0.2, 0.25) is 0 Å².